The Kier molecular flexibility index (Phi) is 6.45. The number of nitrogens with one attached hydrogen (secondary N) is 2. The first kappa shape index (κ1) is 17.3. The maximum absolute atomic E-state index is 11.9. The predicted octanol–water partition coefficient (Wildman–Crippen LogP) is 2.83. The smallest absolute Gasteiger partial charge is 0.335 e. The second kappa shape index (κ2) is 7.85. The van der Waals surface area contributed by atoms with Crippen molar-refractivity contribution in [1.82, 2.24) is 5.32 Å². The molecule has 0 aliphatic rings. The molecule has 3 N–H and O–H groups in total. The summed E-state index contributed by atoms with van der Waals surface area (Å²) in [5.41, 5.74) is 0.407. The van der Waals surface area contributed by atoms with Gasteiger partial charge >= 0.3 is 12.0 Å². The fraction of sp³-hybridized carbons (Fsp3) is 0.429. The number of ether oxygens (including phenoxy) is 1. The van der Waals surface area contributed by atoms with Crippen LogP contribution in [0.4, 0.5) is 10.5 Å². The maximum atomic E-state index is 11.9. The average molecular weight is 315 g/mol. The van der Waals surface area contributed by atoms with Gasteiger partial charge in [0.1, 0.15) is 0 Å². The Balaban J connectivity index is 2.72. The zero-order valence-corrected chi connectivity index (χ0v) is 12.9. The number of carboxylic acid groups (broad SMARTS) is 1. The molecule has 1 unspecified atom stereocenters. The van der Waals surface area contributed by atoms with Crippen LogP contribution in [0.5, 0.6) is 0 Å². The first-order chi connectivity index (χ1) is 9.85. The molecule has 6 nitrogen and oxygen atoms in total. The number of carbonyl (C=O) groups is 2. The molecule has 1 atom stereocenters. The number of aromatic carboxylic acids is 1. The van der Waals surface area contributed by atoms with Gasteiger partial charge in [0.25, 0.3) is 0 Å². The lowest BCUT2D eigenvalue weighted by Crippen LogP contribution is -2.43. The SMILES string of the molecule is COCC(NC(=O)Nc1ccc(C(=O)O)cc1Cl)C(C)C. The molecule has 0 bridgehead atoms. The molecule has 0 saturated carbocycles. The second-order valence-electron chi connectivity index (χ2n) is 4.90. The number of methoxy groups -OCH3 is 1. The lowest BCUT2D eigenvalue weighted by atomic mass is 10.1. The van der Waals surface area contributed by atoms with E-state index in [0.29, 0.717) is 12.3 Å². The Morgan fingerprint density at radius 1 is 1.38 bits per heavy atom. The summed E-state index contributed by atoms with van der Waals surface area (Å²) in [5, 5.41) is 14.4. The summed E-state index contributed by atoms with van der Waals surface area (Å²) in [6.07, 6.45) is 0. The molecule has 1 aromatic rings. The van der Waals surface area contributed by atoms with Crippen LogP contribution < -0.4 is 10.6 Å². The predicted molar refractivity (Wildman–Crippen MR) is 81.1 cm³/mol. The summed E-state index contributed by atoms with van der Waals surface area (Å²) in [6.45, 7) is 4.34. The fourth-order valence-electron chi connectivity index (χ4n) is 1.66. The van der Waals surface area contributed by atoms with Gasteiger partial charge in [-0.25, -0.2) is 9.59 Å². The highest BCUT2D eigenvalue weighted by Crippen LogP contribution is 2.23. The van der Waals surface area contributed by atoms with Gasteiger partial charge < -0.3 is 20.5 Å². The number of rotatable bonds is 6. The third-order valence-electron chi connectivity index (χ3n) is 2.93. The number of hydrogen-bond donors (Lipinski definition) is 3. The molecule has 0 aliphatic carbocycles. The first-order valence-corrected chi connectivity index (χ1v) is 6.82. The molecule has 1 aromatic carbocycles. The van der Waals surface area contributed by atoms with Crippen molar-refractivity contribution >= 4 is 29.3 Å². The zero-order valence-electron chi connectivity index (χ0n) is 12.1. The van der Waals surface area contributed by atoms with E-state index in [1.165, 1.54) is 18.2 Å². The highest BCUT2D eigenvalue weighted by atomic mass is 35.5. The van der Waals surface area contributed by atoms with Gasteiger partial charge in [0.05, 0.1) is 28.9 Å². The number of amides is 2. The van der Waals surface area contributed by atoms with Crippen LogP contribution in [0.3, 0.4) is 0 Å². The summed E-state index contributed by atoms with van der Waals surface area (Å²) in [5.74, 6) is -0.867. The van der Waals surface area contributed by atoms with Gasteiger partial charge in [-0.05, 0) is 24.1 Å². The lowest BCUT2D eigenvalue weighted by Gasteiger charge is -2.21. The standard InChI is InChI=1S/C14H19ClN2O4/c1-8(2)12(7-21-3)17-14(20)16-11-5-4-9(13(18)19)6-10(11)15/h4-6,8,12H,7H2,1-3H3,(H,18,19)(H2,16,17,20). The zero-order chi connectivity index (χ0) is 16.0. The normalized spacial score (nSPS) is 12.0. The second-order valence-corrected chi connectivity index (χ2v) is 5.31. The minimum atomic E-state index is -1.08. The average Bonchev–Trinajstić information content (AvgIpc) is 2.40. The Morgan fingerprint density at radius 3 is 2.52 bits per heavy atom. The molecule has 1 rings (SSSR count). The highest BCUT2D eigenvalue weighted by molar-refractivity contribution is 6.34. The van der Waals surface area contributed by atoms with Crippen LogP contribution >= 0.6 is 11.6 Å². The molecule has 0 aromatic heterocycles. The third kappa shape index (κ3) is 5.24. The van der Waals surface area contributed by atoms with E-state index in [1.807, 2.05) is 13.8 Å². The minimum absolute atomic E-state index is 0.0606. The van der Waals surface area contributed by atoms with Gasteiger partial charge in [-0.15, -0.1) is 0 Å². The Morgan fingerprint density at radius 2 is 2.05 bits per heavy atom. The van der Waals surface area contributed by atoms with Crippen LogP contribution in [-0.4, -0.2) is 36.9 Å². The van der Waals surface area contributed by atoms with E-state index in [2.05, 4.69) is 10.6 Å². The number of benzene rings is 1. The van der Waals surface area contributed by atoms with Crippen LogP contribution in [0, 0.1) is 5.92 Å². The first-order valence-electron chi connectivity index (χ1n) is 6.44. The van der Waals surface area contributed by atoms with Crippen molar-refractivity contribution < 1.29 is 19.4 Å². The van der Waals surface area contributed by atoms with Gasteiger partial charge in [-0.1, -0.05) is 25.4 Å². The summed E-state index contributed by atoms with van der Waals surface area (Å²) < 4.78 is 5.05. The number of hydrogen-bond acceptors (Lipinski definition) is 3. The molecule has 21 heavy (non-hydrogen) atoms. The van der Waals surface area contributed by atoms with E-state index in [0.717, 1.165) is 0 Å². The summed E-state index contributed by atoms with van der Waals surface area (Å²) >= 11 is 5.95. The largest absolute Gasteiger partial charge is 0.478 e. The van der Waals surface area contributed by atoms with Crippen LogP contribution in [0.2, 0.25) is 5.02 Å². The van der Waals surface area contributed by atoms with Crippen LogP contribution in [-0.2, 0) is 4.74 Å². The maximum Gasteiger partial charge on any atom is 0.335 e. The molecular weight excluding hydrogens is 296 g/mol. The molecule has 7 heteroatoms. The van der Waals surface area contributed by atoms with Crippen LogP contribution in [0.15, 0.2) is 18.2 Å². The van der Waals surface area contributed by atoms with E-state index in [-0.39, 0.29) is 22.5 Å². The van der Waals surface area contributed by atoms with Crippen molar-refractivity contribution in [2.45, 2.75) is 19.9 Å². The minimum Gasteiger partial charge on any atom is -0.478 e. The topological polar surface area (TPSA) is 87.7 Å². The lowest BCUT2D eigenvalue weighted by molar-refractivity contribution is 0.0697. The number of halogens is 1. The molecule has 0 radical (unpaired) electrons. The van der Waals surface area contributed by atoms with Crippen LogP contribution in [0.25, 0.3) is 0 Å². The number of carboxylic acids is 1. The summed E-state index contributed by atoms with van der Waals surface area (Å²) in [7, 11) is 1.57. The number of urea groups is 1. The monoisotopic (exact) mass is 314 g/mol. The van der Waals surface area contributed by atoms with Crippen molar-refractivity contribution in [2.75, 3.05) is 19.0 Å². The molecule has 0 spiro atoms. The third-order valence-corrected chi connectivity index (χ3v) is 3.24. The van der Waals surface area contributed by atoms with E-state index in [9.17, 15) is 9.59 Å². The molecule has 0 saturated heterocycles. The van der Waals surface area contributed by atoms with Crippen molar-refractivity contribution in [3.8, 4) is 0 Å². The van der Waals surface area contributed by atoms with Gasteiger partial charge in [0.15, 0.2) is 0 Å². The summed E-state index contributed by atoms with van der Waals surface area (Å²) in [6, 6.07) is 3.56. The molecule has 2 amide bonds. The Bertz CT molecular complexity index is 520. The molecule has 0 heterocycles. The van der Waals surface area contributed by atoms with E-state index < -0.39 is 12.0 Å². The van der Waals surface area contributed by atoms with E-state index in [4.69, 9.17) is 21.4 Å². The van der Waals surface area contributed by atoms with Crippen molar-refractivity contribution in [2.24, 2.45) is 5.92 Å². The number of carbonyl (C=O) groups excluding carboxylic acids is 1. The van der Waals surface area contributed by atoms with Crippen LogP contribution in [0.1, 0.15) is 24.2 Å². The Labute approximate surface area is 128 Å². The van der Waals surface area contributed by atoms with Gasteiger partial charge in [-0.2, -0.15) is 0 Å². The Hall–Kier alpha value is -1.79. The van der Waals surface area contributed by atoms with E-state index >= 15 is 0 Å². The van der Waals surface area contributed by atoms with Crippen molar-refractivity contribution in [1.29, 1.82) is 0 Å². The molecule has 0 aliphatic heterocycles. The quantitative estimate of drug-likeness (QED) is 0.753. The van der Waals surface area contributed by atoms with Crippen molar-refractivity contribution in [3.05, 3.63) is 28.8 Å². The number of anilines is 1. The molecule has 116 valence electrons. The highest BCUT2D eigenvalue weighted by Gasteiger charge is 2.17. The van der Waals surface area contributed by atoms with Gasteiger partial charge in [0.2, 0.25) is 0 Å². The van der Waals surface area contributed by atoms with Gasteiger partial charge in [0, 0.05) is 7.11 Å². The molecule has 0 fully saturated rings. The fourth-order valence-corrected chi connectivity index (χ4v) is 1.88. The van der Waals surface area contributed by atoms with Crippen molar-refractivity contribution in [3.63, 3.8) is 0 Å². The molecular formula is C14H19ClN2O4. The summed E-state index contributed by atoms with van der Waals surface area (Å²) in [4.78, 5) is 22.7. The van der Waals surface area contributed by atoms with E-state index in [1.54, 1.807) is 7.11 Å². The van der Waals surface area contributed by atoms with Gasteiger partial charge in [-0.3, -0.25) is 0 Å².